The Hall–Kier alpha value is -2.34. The number of halogens is 1. The third kappa shape index (κ3) is 3.23. The van der Waals surface area contributed by atoms with Crippen molar-refractivity contribution in [2.24, 2.45) is 0 Å². The summed E-state index contributed by atoms with van der Waals surface area (Å²) in [4.78, 5) is 15.2. The molecule has 2 aromatic heterocycles. The minimum Gasteiger partial charge on any atom is -0.507 e. The van der Waals surface area contributed by atoms with Crippen LogP contribution in [0.3, 0.4) is 0 Å². The van der Waals surface area contributed by atoms with Gasteiger partial charge >= 0.3 is 0 Å². The number of aromatic nitrogens is 1. The van der Waals surface area contributed by atoms with Gasteiger partial charge in [-0.15, -0.1) is 11.3 Å². The summed E-state index contributed by atoms with van der Waals surface area (Å²) < 4.78 is 0.633. The number of H-pyrrole nitrogens is 1. The number of phenolic OH excluding ortho intramolecular Hbond substituents is 1. The summed E-state index contributed by atoms with van der Waals surface area (Å²) in [5, 5.41) is 17.6. The first-order chi connectivity index (χ1) is 13.1. The van der Waals surface area contributed by atoms with Gasteiger partial charge in [-0.25, -0.2) is 0 Å². The number of thiophene rings is 1. The number of phenols is 1. The average molecular weight is 399 g/mol. The molecule has 0 unspecified atom stereocenters. The lowest BCUT2D eigenvalue weighted by Gasteiger charge is -2.13. The first kappa shape index (κ1) is 18.0. The lowest BCUT2D eigenvalue weighted by Crippen LogP contribution is -2.08. The Labute approximate surface area is 165 Å². The quantitative estimate of drug-likeness (QED) is 0.418. The Morgan fingerprint density at radius 2 is 2.00 bits per heavy atom. The molecule has 0 radical (unpaired) electrons. The molecule has 0 fully saturated rings. The molecule has 3 N–H and O–H groups in total. The number of benzene rings is 2. The maximum Gasteiger partial charge on any atom is 0.266 e. The standard InChI is InChI=1S/C21H19ClN2O2S/c1-23-9-2-3-12-4-6-13(7-5-12)17-16(25)11-15(22)19-18(17)14-8-10-27-20(14)21(26)24-19/h4-8,10-11,23,25H,2-3,9H2,1H3,(H,24,26). The molecule has 0 atom stereocenters. The van der Waals surface area contributed by atoms with Crippen molar-refractivity contribution in [3.8, 4) is 16.9 Å². The summed E-state index contributed by atoms with van der Waals surface area (Å²) >= 11 is 7.71. The second kappa shape index (κ2) is 7.35. The van der Waals surface area contributed by atoms with E-state index in [0.717, 1.165) is 35.7 Å². The second-order valence-corrected chi connectivity index (χ2v) is 7.85. The highest BCUT2D eigenvalue weighted by Crippen LogP contribution is 2.42. The number of aryl methyl sites for hydroxylation is 1. The largest absolute Gasteiger partial charge is 0.507 e. The summed E-state index contributed by atoms with van der Waals surface area (Å²) in [6, 6.07) is 11.6. The number of rotatable bonds is 5. The summed E-state index contributed by atoms with van der Waals surface area (Å²) in [7, 11) is 1.95. The van der Waals surface area contributed by atoms with Crippen molar-refractivity contribution >= 4 is 43.9 Å². The number of aromatic hydroxyl groups is 1. The molecule has 4 nitrogen and oxygen atoms in total. The van der Waals surface area contributed by atoms with Crippen LogP contribution in [-0.4, -0.2) is 23.7 Å². The smallest absolute Gasteiger partial charge is 0.266 e. The van der Waals surface area contributed by atoms with Crippen molar-refractivity contribution in [3.63, 3.8) is 0 Å². The number of pyridine rings is 1. The van der Waals surface area contributed by atoms with E-state index in [1.54, 1.807) is 0 Å². The van der Waals surface area contributed by atoms with Gasteiger partial charge in [0.15, 0.2) is 0 Å². The predicted octanol–water partition coefficient (Wildman–Crippen LogP) is 4.92. The Kier molecular flexibility index (Phi) is 4.91. The average Bonchev–Trinajstić information content (AvgIpc) is 3.15. The molecule has 0 amide bonds. The third-order valence-electron chi connectivity index (χ3n) is 4.77. The lowest BCUT2D eigenvalue weighted by atomic mass is 9.96. The van der Waals surface area contributed by atoms with Gasteiger partial charge in [-0.3, -0.25) is 4.79 Å². The summed E-state index contributed by atoms with van der Waals surface area (Å²) in [6.45, 7) is 0.980. The number of hydrogen-bond acceptors (Lipinski definition) is 4. The van der Waals surface area contributed by atoms with E-state index in [0.29, 0.717) is 20.8 Å². The first-order valence-electron chi connectivity index (χ1n) is 8.78. The van der Waals surface area contributed by atoms with Gasteiger partial charge in [0.25, 0.3) is 5.56 Å². The highest BCUT2D eigenvalue weighted by atomic mass is 35.5. The minimum absolute atomic E-state index is 0.106. The fraction of sp³-hybridized carbons (Fsp3) is 0.190. The molecule has 6 heteroatoms. The first-order valence-corrected chi connectivity index (χ1v) is 10.0. The van der Waals surface area contributed by atoms with Crippen LogP contribution in [0.4, 0.5) is 0 Å². The number of hydrogen-bond donors (Lipinski definition) is 3. The van der Waals surface area contributed by atoms with Crippen molar-refractivity contribution in [2.45, 2.75) is 12.8 Å². The molecular weight excluding hydrogens is 380 g/mol. The van der Waals surface area contributed by atoms with Crippen LogP contribution in [0.5, 0.6) is 5.75 Å². The fourth-order valence-electron chi connectivity index (χ4n) is 3.48. The van der Waals surface area contributed by atoms with E-state index in [1.165, 1.54) is 23.0 Å². The molecule has 0 aliphatic heterocycles. The van der Waals surface area contributed by atoms with E-state index in [1.807, 2.05) is 30.6 Å². The van der Waals surface area contributed by atoms with E-state index in [4.69, 9.17) is 11.6 Å². The van der Waals surface area contributed by atoms with Gasteiger partial charge in [-0.2, -0.15) is 0 Å². The van der Waals surface area contributed by atoms with E-state index in [-0.39, 0.29) is 11.3 Å². The van der Waals surface area contributed by atoms with E-state index >= 15 is 0 Å². The number of fused-ring (bicyclic) bond motifs is 3. The minimum atomic E-state index is -0.161. The fourth-order valence-corrected chi connectivity index (χ4v) is 4.52. The van der Waals surface area contributed by atoms with E-state index in [9.17, 15) is 9.90 Å². The van der Waals surface area contributed by atoms with Gasteiger partial charge in [0.2, 0.25) is 0 Å². The Bertz CT molecular complexity index is 1180. The van der Waals surface area contributed by atoms with Crippen molar-refractivity contribution in [2.75, 3.05) is 13.6 Å². The zero-order valence-corrected chi connectivity index (χ0v) is 16.4. The van der Waals surface area contributed by atoms with Gasteiger partial charge in [-0.05, 0) is 49.0 Å². The molecule has 138 valence electrons. The molecule has 0 aliphatic rings. The van der Waals surface area contributed by atoms with Crippen LogP contribution >= 0.6 is 22.9 Å². The van der Waals surface area contributed by atoms with Crippen molar-refractivity contribution in [1.82, 2.24) is 10.3 Å². The molecule has 27 heavy (non-hydrogen) atoms. The second-order valence-electron chi connectivity index (χ2n) is 6.52. The van der Waals surface area contributed by atoms with Crippen molar-refractivity contribution in [3.05, 3.63) is 62.7 Å². The highest BCUT2D eigenvalue weighted by molar-refractivity contribution is 7.17. The molecule has 0 spiro atoms. The molecule has 0 saturated heterocycles. The maximum absolute atomic E-state index is 12.3. The zero-order chi connectivity index (χ0) is 19.0. The van der Waals surface area contributed by atoms with Crippen LogP contribution in [-0.2, 0) is 6.42 Å². The van der Waals surface area contributed by atoms with Crippen LogP contribution in [0.2, 0.25) is 5.02 Å². The van der Waals surface area contributed by atoms with Crippen LogP contribution in [0, 0.1) is 0 Å². The zero-order valence-electron chi connectivity index (χ0n) is 14.8. The highest BCUT2D eigenvalue weighted by Gasteiger charge is 2.18. The Balaban J connectivity index is 1.91. The molecule has 2 heterocycles. The third-order valence-corrected chi connectivity index (χ3v) is 5.98. The van der Waals surface area contributed by atoms with Gasteiger partial charge in [0.05, 0.1) is 10.5 Å². The monoisotopic (exact) mass is 398 g/mol. The molecule has 0 aliphatic carbocycles. The number of nitrogens with one attached hydrogen (secondary N) is 2. The Morgan fingerprint density at radius 3 is 2.74 bits per heavy atom. The molecule has 2 aromatic carbocycles. The Morgan fingerprint density at radius 1 is 1.22 bits per heavy atom. The van der Waals surface area contributed by atoms with Gasteiger partial charge < -0.3 is 15.4 Å². The molecule has 0 bridgehead atoms. The van der Waals surface area contributed by atoms with Crippen LogP contribution < -0.4 is 10.9 Å². The molecule has 4 aromatic rings. The SMILES string of the molecule is CNCCCc1ccc(-c2c(O)cc(Cl)c3[nH]c(=O)c4sccc4c23)cc1. The van der Waals surface area contributed by atoms with Gasteiger partial charge in [0, 0.05) is 22.4 Å². The van der Waals surface area contributed by atoms with Crippen LogP contribution in [0.1, 0.15) is 12.0 Å². The predicted molar refractivity (Wildman–Crippen MR) is 114 cm³/mol. The van der Waals surface area contributed by atoms with Crippen LogP contribution in [0.25, 0.3) is 32.1 Å². The summed E-state index contributed by atoms with van der Waals surface area (Å²) in [6.07, 6.45) is 2.07. The van der Waals surface area contributed by atoms with Crippen LogP contribution in [0.15, 0.2) is 46.6 Å². The van der Waals surface area contributed by atoms with Gasteiger partial charge in [0.1, 0.15) is 10.4 Å². The number of aromatic amines is 1. The topological polar surface area (TPSA) is 65.1 Å². The van der Waals surface area contributed by atoms with Crippen molar-refractivity contribution in [1.29, 1.82) is 0 Å². The van der Waals surface area contributed by atoms with Gasteiger partial charge in [-0.1, -0.05) is 35.9 Å². The molecular formula is C21H19ClN2O2S. The maximum atomic E-state index is 12.3. The normalized spacial score (nSPS) is 11.5. The molecule has 0 saturated carbocycles. The molecule has 4 rings (SSSR count). The lowest BCUT2D eigenvalue weighted by molar-refractivity contribution is 0.478. The summed E-state index contributed by atoms with van der Waals surface area (Å²) in [5.41, 5.74) is 3.23. The van der Waals surface area contributed by atoms with E-state index in [2.05, 4.69) is 22.4 Å². The van der Waals surface area contributed by atoms with E-state index < -0.39 is 0 Å². The van der Waals surface area contributed by atoms with Crippen molar-refractivity contribution < 1.29 is 5.11 Å². The summed E-state index contributed by atoms with van der Waals surface area (Å²) in [5.74, 6) is 0.106.